The molecule has 1 saturated heterocycles. The van der Waals surface area contributed by atoms with Gasteiger partial charge in [-0.05, 0) is 75.8 Å². The van der Waals surface area contributed by atoms with Crippen LogP contribution in [-0.2, 0) is 0 Å². The minimum Gasteiger partial charge on any atom is -0.495 e. The van der Waals surface area contributed by atoms with E-state index in [1.807, 2.05) is 18.2 Å². The maximum atomic E-state index is 11.1. The summed E-state index contributed by atoms with van der Waals surface area (Å²) in [6.45, 7) is 4.22. The summed E-state index contributed by atoms with van der Waals surface area (Å²) >= 11 is 6.94. The van der Waals surface area contributed by atoms with E-state index in [-0.39, 0.29) is 10.4 Å². The third-order valence-corrected chi connectivity index (χ3v) is 7.89. The van der Waals surface area contributed by atoms with Crippen molar-refractivity contribution in [3.8, 4) is 5.75 Å². The number of nitrogens with zero attached hydrogens (tertiary/aromatic N) is 2. The van der Waals surface area contributed by atoms with Crippen molar-refractivity contribution in [2.75, 3.05) is 12.1 Å². The molecule has 0 amide bonds. The molecule has 0 radical (unpaired) electrons. The first-order valence-corrected chi connectivity index (χ1v) is 10.3. The monoisotopic (exact) mass is 376 g/mol. The largest absolute Gasteiger partial charge is 0.495 e. The zero-order valence-electron chi connectivity index (χ0n) is 15.9. The van der Waals surface area contributed by atoms with Gasteiger partial charge in [-0.3, -0.25) is 5.01 Å². The lowest BCUT2D eigenvalue weighted by atomic mass is 9.53. The number of halogens is 1. The second-order valence-electron chi connectivity index (χ2n) is 9.50. The maximum Gasteiger partial charge on any atom is 0.148 e. The lowest BCUT2D eigenvalue weighted by Crippen LogP contribution is -2.82. The third-order valence-electron chi connectivity index (χ3n) is 7.43. The van der Waals surface area contributed by atoms with Crippen molar-refractivity contribution < 1.29 is 9.84 Å². The van der Waals surface area contributed by atoms with E-state index < -0.39 is 6.23 Å². The molecule has 4 nitrogen and oxygen atoms in total. The number of methoxy groups -OCH3 is 1. The molecule has 142 valence electrons. The predicted octanol–water partition coefficient (Wildman–Crippen LogP) is 4.02. The first-order chi connectivity index (χ1) is 12.3. The van der Waals surface area contributed by atoms with Crippen LogP contribution >= 0.6 is 11.6 Å². The first-order valence-electron chi connectivity index (χ1n) is 9.92. The van der Waals surface area contributed by atoms with Gasteiger partial charge < -0.3 is 9.84 Å². The molecule has 0 spiro atoms. The van der Waals surface area contributed by atoms with Gasteiger partial charge >= 0.3 is 0 Å². The number of hydrogen-bond acceptors (Lipinski definition) is 4. The average molecular weight is 377 g/mol. The van der Waals surface area contributed by atoms with Crippen LogP contribution in [0.3, 0.4) is 0 Å². The summed E-state index contributed by atoms with van der Waals surface area (Å²) in [5.41, 5.74) is 0.696. The fourth-order valence-electron chi connectivity index (χ4n) is 6.65. The molecule has 6 atom stereocenters. The average Bonchev–Trinajstić information content (AvgIpc) is 2.58. The Hall–Kier alpha value is -0.970. The van der Waals surface area contributed by atoms with E-state index in [4.69, 9.17) is 16.3 Å². The minimum absolute atomic E-state index is 0.0214. The standard InChI is InChI=1S/C21H29ClN2O2/c1-20(2)19(25)23(24(20)16-6-4-5-7-17(16)26-3)18-14-8-13-9-15(18)12-21(22,10-13)11-14/h4-7,13-15,18-19,25H,8-12H2,1-3H3/t13?,14-,15+,18?,19?,21?. The van der Waals surface area contributed by atoms with Crippen molar-refractivity contribution in [2.24, 2.45) is 17.8 Å². The molecule has 26 heavy (non-hydrogen) atoms. The third kappa shape index (κ3) is 2.22. The summed E-state index contributed by atoms with van der Waals surface area (Å²) in [5.74, 6) is 2.81. The highest BCUT2D eigenvalue weighted by Gasteiger charge is 2.63. The number of benzene rings is 1. The van der Waals surface area contributed by atoms with Gasteiger partial charge in [0.2, 0.25) is 0 Å². The fourth-order valence-corrected chi connectivity index (χ4v) is 7.26. The van der Waals surface area contributed by atoms with Gasteiger partial charge in [0.05, 0.1) is 18.3 Å². The van der Waals surface area contributed by atoms with Gasteiger partial charge in [-0.1, -0.05) is 12.1 Å². The van der Waals surface area contributed by atoms with E-state index in [0.717, 1.165) is 30.2 Å². The van der Waals surface area contributed by atoms with Crippen molar-refractivity contribution >= 4 is 17.3 Å². The number of rotatable bonds is 3. The number of alkyl halides is 1. The van der Waals surface area contributed by atoms with Crippen molar-refractivity contribution in [3.05, 3.63) is 24.3 Å². The van der Waals surface area contributed by atoms with E-state index in [9.17, 15) is 5.11 Å². The van der Waals surface area contributed by atoms with Crippen LogP contribution in [0.1, 0.15) is 46.0 Å². The number of aliphatic hydroxyl groups excluding tert-OH is 1. The van der Waals surface area contributed by atoms with Gasteiger partial charge in [0.25, 0.3) is 0 Å². The van der Waals surface area contributed by atoms with E-state index in [1.54, 1.807) is 7.11 Å². The zero-order valence-corrected chi connectivity index (χ0v) is 16.6. The van der Waals surface area contributed by atoms with Gasteiger partial charge in [0.1, 0.15) is 12.0 Å². The summed E-state index contributed by atoms with van der Waals surface area (Å²) in [6.07, 6.45) is 5.43. The van der Waals surface area contributed by atoms with Crippen LogP contribution in [0.5, 0.6) is 5.75 Å². The van der Waals surface area contributed by atoms with Crippen LogP contribution in [-0.4, -0.2) is 39.9 Å². The SMILES string of the molecule is COc1ccccc1N1N(C2[C@@H]3CC4C[C@H]2CC(Cl)(C4)C3)C(O)C1(C)C. The molecule has 1 aromatic carbocycles. The zero-order chi connectivity index (χ0) is 18.3. The molecule has 1 N–H and O–H groups in total. The van der Waals surface area contributed by atoms with Gasteiger partial charge in [-0.25, -0.2) is 0 Å². The molecule has 4 bridgehead atoms. The molecule has 5 aliphatic rings. The van der Waals surface area contributed by atoms with Crippen LogP contribution < -0.4 is 9.75 Å². The lowest BCUT2D eigenvalue weighted by molar-refractivity contribution is -0.212. The van der Waals surface area contributed by atoms with Crippen LogP contribution in [0.25, 0.3) is 0 Å². The van der Waals surface area contributed by atoms with E-state index in [2.05, 4.69) is 29.9 Å². The number of ether oxygens (including phenoxy) is 1. The summed E-state index contributed by atoms with van der Waals surface area (Å²) in [7, 11) is 1.71. The summed E-state index contributed by atoms with van der Waals surface area (Å²) in [6, 6.07) is 8.51. The van der Waals surface area contributed by atoms with Crippen LogP contribution in [0.2, 0.25) is 0 Å². The molecule has 5 fully saturated rings. The molecule has 6 rings (SSSR count). The summed E-state index contributed by atoms with van der Waals surface area (Å²) in [4.78, 5) is 0.0214. The second kappa shape index (κ2) is 5.52. The maximum absolute atomic E-state index is 11.1. The van der Waals surface area contributed by atoms with E-state index in [1.165, 1.54) is 19.3 Å². The Morgan fingerprint density at radius 2 is 1.77 bits per heavy atom. The molecule has 4 aliphatic carbocycles. The van der Waals surface area contributed by atoms with Crippen LogP contribution in [0, 0.1) is 17.8 Å². The highest BCUT2D eigenvalue weighted by atomic mass is 35.5. The van der Waals surface area contributed by atoms with Gasteiger partial charge in [-0.15, -0.1) is 11.6 Å². The Labute approximate surface area is 161 Å². The molecule has 1 aromatic rings. The number of hydrazine groups is 1. The van der Waals surface area contributed by atoms with Crippen LogP contribution in [0.4, 0.5) is 5.69 Å². The summed E-state index contributed by atoms with van der Waals surface area (Å²) in [5, 5.41) is 15.6. The fraction of sp³-hybridized carbons (Fsp3) is 0.714. The molecule has 1 aliphatic heterocycles. The van der Waals surface area contributed by atoms with Crippen molar-refractivity contribution in [1.82, 2.24) is 5.01 Å². The van der Waals surface area contributed by atoms with Gasteiger partial charge in [0, 0.05) is 10.9 Å². The highest BCUT2D eigenvalue weighted by molar-refractivity contribution is 6.24. The van der Waals surface area contributed by atoms with E-state index in [0.29, 0.717) is 17.9 Å². The summed E-state index contributed by atoms with van der Waals surface area (Å²) < 4.78 is 5.63. The van der Waals surface area contributed by atoms with Crippen LogP contribution in [0.15, 0.2) is 24.3 Å². The Morgan fingerprint density at radius 1 is 1.12 bits per heavy atom. The number of anilines is 1. The molecule has 4 saturated carbocycles. The van der Waals surface area contributed by atoms with Gasteiger partial charge in [0.15, 0.2) is 0 Å². The second-order valence-corrected chi connectivity index (χ2v) is 10.3. The normalized spacial score (nSPS) is 43.4. The lowest BCUT2D eigenvalue weighted by Gasteiger charge is -2.69. The predicted molar refractivity (Wildman–Crippen MR) is 103 cm³/mol. The number of para-hydroxylation sites is 2. The van der Waals surface area contributed by atoms with Crippen molar-refractivity contribution in [2.45, 2.75) is 68.6 Å². The Bertz CT molecular complexity index is 708. The van der Waals surface area contributed by atoms with Crippen molar-refractivity contribution in [1.29, 1.82) is 0 Å². The van der Waals surface area contributed by atoms with Gasteiger partial charge in [-0.2, -0.15) is 5.01 Å². The Morgan fingerprint density at radius 3 is 2.38 bits per heavy atom. The molecular formula is C21H29ClN2O2. The molecule has 5 heteroatoms. The first kappa shape index (κ1) is 17.2. The molecule has 4 unspecified atom stereocenters. The topological polar surface area (TPSA) is 35.9 Å². The quantitative estimate of drug-likeness (QED) is 0.808. The molecular weight excluding hydrogens is 348 g/mol. The molecule has 1 heterocycles. The Balaban J connectivity index is 1.52. The highest BCUT2D eigenvalue weighted by Crippen LogP contribution is 2.61. The molecule has 0 aromatic heterocycles. The van der Waals surface area contributed by atoms with E-state index >= 15 is 0 Å². The smallest absolute Gasteiger partial charge is 0.148 e. The van der Waals surface area contributed by atoms with Crippen molar-refractivity contribution in [3.63, 3.8) is 0 Å². The number of hydrogen-bond donors (Lipinski definition) is 1. The number of aliphatic hydroxyl groups is 1. The Kier molecular flexibility index (Phi) is 3.64. The minimum atomic E-state index is -0.471.